The summed E-state index contributed by atoms with van der Waals surface area (Å²) < 4.78 is 12.2. The first kappa shape index (κ1) is 5.98. The quantitative estimate of drug-likeness (QED) is 0.458. The summed E-state index contributed by atoms with van der Waals surface area (Å²) >= 11 is 0. The zero-order valence-corrected chi connectivity index (χ0v) is 4.60. The van der Waals surface area contributed by atoms with Crippen LogP contribution in [0, 0.1) is 0 Å². The van der Waals surface area contributed by atoms with E-state index in [4.69, 9.17) is 5.11 Å². The highest BCUT2D eigenvalue weighted by Gasteiger charge is 2.17. The first-order valence-electron chi connectivity index (χ1n) is 2.82. The van der Waals surface area contributed by atoms with Gasteiger partial charge >= 0.3 is 0 Å². The fourth-order valence-electron chi connectivity index (χ4n) is 0.868. The van der Waals surface area contributed by atoms with Crippen molar-refractivity contribution in [1.29, 1.82) is 0 Å². The van der Waals surface area contributed by atoms with E-state index in [-0.39, 0.29) is 0 Å². The van der Waals surface area contributed by atoms with Gasteiger partial charge in [-0.3, -0.25) is 0 Å². The average Bonchev–Trinajstić information content (AvgIpc) is 1.64. The lowest BCUT2D eigenvalue weighted by molar-refractivity contribution is 0.0967. The molecular weight excluding hydrogens is 109 g/mol. The zero-order valence-electron chi connectivity index (χ0n) is 4.60. The number of hydrogen-bond donors (Lipinski definition) is 2. The second kappa shape index (κ2) is 2.42. The van der Waals surface area contributed by atoms with Gasteiger partial charge in [0.25, 0.3) is 0 Å². The molecule has 1 aliphatic rings. The van der Waals surface area contributed by atoms with E-state index < -0.39 is 12.3 Å². The van der Waals surface area contributed by atoms with Crippen LogP contribution in [0.25, 0.3) is 0 Å². The summed E-state index contributed by atoms with van der Waals surface area (Å²) in [7, 11) is 0. The molecule has 1 heterocycles. The van der Waals surface area contributed by atoms with E-state index in [9.17, 15) is 4.39 Å². The summed E-state index contributed by atoms with van der Waals surface area (Å²) in [4.78, 5) is 0. The molecule has 0 aliphatic carbocycles. The van der Waals surface area contributed by atoms with Crippen LogP contribution in [0.15, 0.2) is 0 Å². The third-order valence-corrected chi connectivity index (χ3v) is 1.27. The summed E-state index contributed by atoms with van der Waals surface area (Å²) in [6, 6.07) is 0. The van der Waals surface area contributed by atoms with Crippen molar-refractivity contribution >= 4 is 0 Å². The van der Waals surface area contributed by atoms with E-state index in [1.807, 2.05) is 0 Å². The van der Waals surface area contributed by atoms with Crippen molar-refractivity contribution in [2.75, 3.05) is 13.1 Å². The number of halogens is 1. The largest absolute Gasteiger partial charge is 0.392 e. The maximum Gasteiger partial charge on any atom is 0.115 e. The van der Waals surface area contributed by atoms with Gasteiger partial charge in [0.1, 0.15) is 6.17 Å². The molecule has 2 unspecified atom stereocenters. The monoisotopic (exact) mass is 119 g/mol. The first-order valence-corrected chi connectivity index (χ1v) is 2.82. The smallest absolute Gasteiger partial charge is 0.115 e. The normalized spacial score (nSPS) is 39.8. The summed E-state index contributed by atoms with van der Waals surface area (Å²) in [5, 5.41) is 11.5. The molecule has 0 aromatic rings. The second-order valence-corrected chi connectivity index (χ2v) is 2.15. The van der Waals surface area contributed by atoms with Gasteiger partial charge in [0.15, 0.2) is 0 Å². The Labute approximate surface area is 47.7 Å². The lowest BCUT2D eigenvalue weighted by Crippen LogP contribution is -2.40. The highest BCUT2D eigenvalue weighted by Crippen LogP contribution is 2.04. The Morgan fingerprint density at radius 3 is 2.62 bits per heavy atom. The number of rotatable bonds is 0. The number of aliphatic hydroxyl groups is 1. The third-order valence-electron chi connectivity index (χ3n) is 1.27. The van der Waals surface area contributed by atoms with Crippen molar-refractivity contribution < 1.29 is 9.50 Å². The van der Waals surface area contributed by atoms with Crippen LogP contribution in [0.5, 0.6) is 0 Å². The minimum Gasteiger partial charge on any atom is -0.392 e. The maximum atomic E-state index is 12.2. The molecule has 0 spiro atoms. The molecule has 0 aromatic carbocycles. The van der Waals surface area contributed by atoms with Crippen LogP contribution >= 0.6 is 0 Å². The third kappa shape index (κ3) is 1.42. The van der Waals surface area contributed by atoms with Crippen molar-refractivity contribution in [2.45, 2.75) is 18.7 Å². The Bertz CT molecular complexity index is 70.8. The van der Waals surface area contributed by atoms with Crippen LogP contribution in [-0.2, 0) is 0 Å². The fraction of sp³-hybridized carbons (Fsp3) is 1.00. The van der Waals surface area contributed by atoms with Crippen LogP contribution in [0.3, 0.4) is 0 Å². The minimum absolute atomic E-state index is 0.299. The van der Waals surface area contributed by atoms with E-state index >= 15 is 0 Å². The number of nitrogens with one attached hydrogen (secondary N) is 1. The Morgan fingerprint density at radius 2 is 2.25 bits per heavy atom. The van der Waals surface area contributed by atoms with Crippen LogP contribution in [-0.4, -0.2) is 30.5 Å². The van der Waals surface area contributed by atoms with Gasteiger partial charge in [0.05, 0.1) is 6.10 Å². The Balaban J connectivity index is 2.23. The zero-order chi connectivity index (χ0) is 5.98. The van der Waals surface area contributed by atoms with E-state index in [1.165, 1.54) is 0 Å². The van der Waals surface area contributed by atoms with Crippen molar-refractivity contribution in [3.8, 4) is 0 Å². The van der Waals surface area contributed by atoms with Gasteiger partial charge in [-0.25, -0.2) is 4.39 Å². The Hall–Kier alpha value is -0.150. The highest BCUT2D eigenvalue weighted by atomic mass is 19.1. The van der Waals surface area contributed by atoms with Gasteiger partial charge in [-0.2, -0.15) is 0 Å². The maximum absolute atomic E-state index is 12.2. The molecule has 0 saturated carbocycles. The Kier molecular flexibility index (Phi) is 1.81. The van der Waals surface area contributed by atoms with Crippen LogP contribution in [0.2, 0.25) is 0 Å². The molecule has 1 rings (SSSR count). The van der Waals surface area contributed by atoms with Crippen molar-refractivity contribution in [1.82, 2.24) is 5.32 Å². The fourth-order valence-corrected chi connectivity index (χ4v) is 0.868. The summed E-state index contributed by atoms with van der Waals surface area (Å²) in [5.74, 6) is 0. The second-order valence-electron chi connectivity index (χ2n) is 2.15. The van der Waals surface area contributed by atoms with Gasteiger partial charge in [-0.1, -0.05) is 0 Å². The molecule has 3 heteroatoms. The molecule has 8 heavy (non-hydrogen) atoms. The molecule has 0 radical (unpaired) electrons. The van der Waals surface area contributed by atoms with E-state index in [2.05, 4.69) is 5.32 Å². The predicted octanol–water partition coefficient (Wildman–Crippen LogP) is -0.321. The molecule has 1 fully saturated rings. The van der Waals surface area contributed by atoms with E-state index in [0.29, 0.717) is 19.5 Å². The van der Waals surface area contributed by atoms with Gasteiger partial charge in [0.2, 0.25) is 0 Å². The average molecular weight is 119 g/mol. The minimum atomic E-state index is -0.848. The van der Waals surface area contributed by atoms with Crippen molar-refractivity contribution in [2.24, 2.45) is 0 Å². The highest BCUT2D eigenvalue weighted by molar-refractivity contribution is 4.73. The van der Waals surface area contributed by atoms with E-state index in [1.54, 1.807) is 0 Å². The molecule has 0 aromatic heterocycles. The number of aliphatic hydroxyl groups excluding tert-OH is 1. The van der Waals surface area contributed by atoms with Gasteiger partial charge < -0.3 is 10.4 Å². The van der Waals surface area contributed by atoms with Gasteiger partial charge in [-0.05, 0) is 0 Å². The van der Waals surface area contributed by atoms with Crippen LogP contribution in [0.4, 0.5) is 4.39 Å². The molecule has 2 N–H and O–H groups in total. The first-order chi connectivity index (χ1) is 3.79. The van der Waals surface area contributed by atoms with Crippen LogP contribution < -0.4 is 5.32 Å². The Morgan fingerprint density at radius 1 is 1.50 bits per heavy atom. The van der Waals surface area contributed by atoms with Gasteiger partial charge in [-0.15, -0.1) is 0 Å². The molecule has 2 atom stereocenters. The standard InChI is InChI=1S/C5H10FNO/c6-4-1-5(8)3-7-2-4/h4-5,7-8H,1-3H2. The molecule has 0 amide bonds. The number of alkyl halides is 1. The number of hydrogen-bond acceptors (Lipinski definition) is 2. The van der Waals surface area contributed by atoms with Gasteiger partial charge in [0, 0.05) is 19.5 Å². The lowest BCUT2D eigenvalue weighted by Gasteiger charge is -2.20. The van der Waals surface area contributed by atoms with Crippen molar-refractivity contribution in [3.05, 3.63) is 0 Å². The molecule has 2 nitrogen and oxygen atoms in total. The number of piperidine rings is 1. The molecular formula is C5H10FNO. The lowest BCUT2D eigenvalue weighted by atomic mass is 10.1. The molecule has 48 valence electrons. The predicted molar refractivity (Wildman–Crippen MR) is 28.4 cm³/mol. The molecule has 1 aliphatic heterocycles. The molecule has 1 saturated heterocycles. The van der Waals surface area contributed by atoms with Crippen LogP contribution in [0.1, 0.15) is 6.42 Å². The summed E-state index contributed by atoms with van der Waals surface area (Å²) in [6.45, 7) is 0.942. The molecule has 0 bridgehead atoms. The summed E-state index contributed by atoms with van der Waals surface area (Å²) in [5.41, 5.74) is 0. The van der Waals surface area contributed by atoms with E-state index in [0.717, 1.165) is 0 Å². The summed E-state index contributed by atoms with van der Waals surface area (Å²) in [6.07, 6.45) is -1.02. The topological polar surface area (TPSA) is 32.3 Å². The van der Waals surface area contributed by atoms with Crippen molar-refractivity contribution in [3.63, 3.8) is 0 Å². The SMILES string of the molecule is OC1CNCC(F)C1. The number of β-amino-alcohol motifs (C(OH)–C–C–N with tert-alkyl or cyclic N) is 1.